The van der Waals surface area contributed by atoms with E-state index in [1.165, 1.54) is 22.7 Å². The highest BCUT2D eigenvalue weighted by molar-refractivity contribution is 7.23. The molecule has 3 heterocycles. The molecule has 1 fully saturated rings. The Kier molecular flexibility index (Phi) is 7.32. The van der Waals surface area contributed by atoms with Gasteiger partial charge in [-0.3, -0.25) is 4.79 Å². The van der Waals surface area contributed by atoms with Crippen LogP contribution in [-0.4, -0.2) is 35.4 Å². The van der Waals surface area contributed by atoms with Crippen molar-refractivity contribution in [2.45, 2.75) is 13.3 Å². The molecule has 0 aliphatic carbocycles. The molecular formula is C14H18Cl3N3OS2. The van der Waals surface area contributed by atoms with Crippen LogP contribution in [0.15, 0.2) is 17.5 Å². The van der Waals surface area contributed by atoms with Crippen LogP contribution in [0.5, 0.6) is 0 Å². The number of rotatable bonds is 3. The average molecular weight is 415 g/mol. The van der Waals surface area contributed by atoms with Crippen molar-refractivity contribution in [3.8, 4) is 9.88 Å². The number of thiazole rings is 1. The summed E-state index contributed by atoms with van der Waals surface area (Å²) in [5.41, 5.74) is 6.34. The van der Waals surface area contributed by atoms with Gasteiger partial charge in [-0.1, -0.05) is 18.5 Å². The van der Waals surface area contributed by atoms with E-state index < -0.39 is 0 Å². The number of nitrogens with zero attached hydrogens (tertiary/aromatic N) is 2. The molecule has 1 aliphatic heterocycles. The maximum Gasteiger partial charge on any atom is 0.273 e. The number of carbonyl (C=O) groups excluding carboxylic acids is 1. The van der Waals surface area contributed by atoms with E-state index in [0.717, 1.165) is 27.2 Å². The fourth-order valence-corrected chi connectivity index (χ4v) is 4.35. The third kappa shape index (κ3) is 4.38. The SMILES string of the molecule is CC1(CN)CCN(C(=O)c2csc(-c3ccc(Cl)s3)n2)C1.Cl.Cl. The molecule has 23 heavy (non-hydrogen) atoms. The fourth-order valence-electron chi connectivity index (χ4n) is 2.44. The monoisotopic (exact) mass is 413 g/mol. The van der Waals surface area contributed by atoms with Gasteiger partial charge in [0.1, 0.15) is 10.7 Å². The summed E-state index contributed by atoms with van der Waals surface area (Å²) in [6, 6.07) is 3.78. The summed E-state index contributed by atoms with van der Waals surface area (Å²) in [6.07, 6.45) is 0.951. The van der Waals surface area contributed by atoms with Gasteiger partial charge >= 0.3 is 0 Å². The molecule has 2 aromatic rings. The van der Waals surface area contributed by atoms with Crippen molar-refractivity contribution in [1.82, 2.24) is 9.88 Å². The Morgan fingerprint density at radius 3 is 2.78 bits per heavy atom. The number of likely N-dealkylation sites (tertiary alicyclic amines) is 1. The highest BCUT2D eigenvalue weighted by Crippen LogP contribution is 2.34. The number of hydrogen-bond donors (Lipinski definition) is 1. The van der Waals surface area contributed by atoms with Crippen LogP contribution in [0.4, 0.5) is 0 Å². The number of nitrogens with two attached hydrogens (primary N) is 1. The number of aromatic nitrogens is 1. The summed E-state index contributed by atoms with van der Waals surface area (Å²) >= 11 is 8.89. The topological polar surface area (TPSA) is 59.2 Å². The number of halogens is 3. The number of thiophene rings is 1. The van der Waals surface area contributed by atoms with Crippen LogP contribution in [0, 0.1) is 5.41 Å². The molecule has 1 unspecified atom stereocenters. The number of carbonyl (C=O) groups is 1. The molecule has 128 valence electrons. The molecular weight excluding hydrogens is 397 g/mol. The second-order valence-corrected chi connectivity index (χ2v) is 8.21. The van der Waals surface area contributed by atoms with Crippen molar-refractivity contribution in [1.29, 1.82) is 0 Å². The summed E-state index contributed by atoms with van der Waals surface area (Å²) in [5, 5.41) is 2.67. The minimum atomic E-state index is -0.00247. The van der Waals surface area contributed by atoms with E-state index >= 15 is 0 Å². The van der Waals surface area contributed by atoms with Gasteiger partial charge in [0.2, 0.25) is 0 Å². The lowest BCUT2D eigenvalue weighted by Crippen LogP contribution is -2.34. The fraction of sp³-hybridized carbons (Fsp3) is 0.429. The van der Waals surface area contributed by atoms with Crippen LogP contribution in [0.2, 0.25) is 4.34 Å². The molecule has 1 amide bonds. The van der Waals surface area contributed by atoms with Gasteiger partial charge in [-0.2, -0.15) is 0 Å². The van der Waals surface area contributed by atoms with Crippen molar-refractivity contribution in [2.75, 3.05) is 19.6 Å². The predicted molar refractivity (Wildman–Crippen MR) is 103 cm³/mol. The molecule has 0 radical (unpaired) electrons. The smallest absolute Gasteiger partial charge is 0.273 e. The van der Waals surface area contributed by atoms with Crippen LogP contribution in [0.1, 0.15) is 23.8 Å². The second-order valence-electron chi connectivity index (χ2n) is 5.63. The van der Waals surface area contributed by atoms with Gasteiger partial charge < -0.3 is 10.6 Å². The number of hydrogen-bond acceptors (Lipinski definition) is 5. The molecule has 0 bridgehead atoms. The summed E-state index contributed by atoms with van der Waals surface area (Å²) in [5.74, 6) is -0.00247. The Morgan fingerprint density at radius 2 is 2.22 bits per heavy atom. The molecule has 1 aliphatic rings. The highest BCUT2D eigenvalue weighted by Gasteiger charge is 2.35. The molecule has 4 nitrogen and oxygen atoms in total. The van der Waals surface area contributed by atoms with Crippen molar-refractivity contribution in [3.63, 3.8) is 0 Å². The first-order valence-corrected chi connectivity index (χ1v) is 8.79. The lowest BCUT2D eigenvalue weighted by molar-refractivity contribution is 0.0772. The molecule has 2 N–H and O–H groups in total. The van der Waals surface area contributed by atoms with Gasteiger partial charge in [0.05, 0.1) is 9.21 Å². The molecule has 2 aromatic heterocycles. The van der Waals surface area contributed by atoms with Crippen molar-refractivity contribution in [2.24, 2.45) is 11.1 Å². The Bertz CT molecular complexity index is 676. The third-order valence-corrected chi connectivity index (χ3v) is 6.09. The van der Waals surface area contributed by atoms with Crippen molar-refractivity contribution >= 4 is 65.0 Å². The Hall–Kier alpha value is -0.370. The summed E-state index contributed by atoms with van der Waals surface area (Å²) in [6.45, 7) is 4.19. The maximum atomic E-state index is 12.5. The zero-order chi connectivity index (χ0) is 15.0. The zero-order valence-electron chi connectivity index (χ0n) is 12.5. The molecule has 0 aromatic carbocycles. The van der Waals surface area contributed by atoms with E-state index in [4.69, 9.17) is 17.3 Å². The Labute approximate surface area is 160 Å². The normalized spacial score (nSPS) is 20.0. The third-order valence-electron chi connectivity index (χ3n) is 3.85. The second kappa shape index (κ2) is 8.14. The lowest BCUT2D eigenvalue weighted by Gasteiger charge is -2.22. The molecule has 0 saturated carbocycles. The lowest BCUT2D eigenvalue weighted by atomic mass is 9.90. The Balaban J connectivity index is 0.00000132. The maximum absolute atomic E-state index is 12.5. The van der Waals surface area contributed by atoms with Crippen LogP contribution in [0.3, 0.4) is 0 Å². The molecule has 1 saturated heterocycles. The van der Waals surface area contributed by atoms with E-state index in [-0.39, 0.29) is 36.1 Å². The average Bonchev–Trinajstić information content (AvgIpc) is 3.17. The molecule has 0 spiro atoms. The van der Waals surface area contributed by atoms with Gasteiger partial charge in [0.25, 0.3) is 5.91 Å². The van der Waals surface area contributed by atoms with Crippen LogP contribution < -0.4 is 5.73 Å². The zero-order valence-corrected chi connectivity index (χ0v) is 16.5. The summed E-state index contributed by atoms with van der Waals surface area (Å²) in [4.78, 5) is 19.8. The van der Waals surface area contributed by atoms with Gasteiger partial charge in [-0.25, -0.2) is 4.98 Å². The first-order valence-electron chi connectivity index (χ1n) is 6.71. The predicted octanol–water partition coefficient (Wildman–Crippen LogP) is 4.18. The summed E-state index contributed by atoms with van der Waals surface area (Å²) < 4.78 is 0.728. The van der Waals surface area contributed by atoms with Gasteiger partial charge in [-0.05, 0) is 30.5 Å². The molecule has 9 heteroatoms. The van der Waals surface area contributed by atoms with E-state index in [0.29, 0.717) is 18.8 Å². The summed E-state index contributed by atoms with van der Waals surface area (Å²) in [7, 11) is 0. The van der Waals surface area contributed by atoms with E-state index in [2.05, 4.69) is 11.9 Å². The van der Waals surface area contributed by atoms with Crippen LogP contribution in [0.25, 0.3) is 9.88 Å². The van der Waals surface area contributed by atoms with Gasteiger partial charge in [0.15, 0.2) is 0 Å². The van der Waals surface area contributed by atoms with E-state index in [1.54, 1.807) is 0 Å². The minimum Gasteiger partial charge on any atom is -0.337 e. The van der Waals surface area contributed by atoms with Gasteiger partial charge in [-0.15, -0.1) is 47.5 Å². The quantitative estimate of drug-likeness (QED) is 0.819. The minimum absolute atomic E-state index is 0. The van der Waals surface area contributed by atoms with Crippen LogP contribution >= 0.6 is 59.1 Å². The van der Waals surface area contributed by atoms with Crippen LogP contribution in [-0.2, 0) is 0 Å². The van der Waals surface area contributed by atoms with Gasteiger partial charge in [0, 0.05) is 18.5 Å². The largest absolute Gasteiger partial charge is 0.337 e. The highest BCUT2D eigenvalue weighted by atomic mass is 35.5. The Morgan fingerprint density at radius 1 is 1.48 bits per heavy atom. The number of amides is 1. The van der Waals surface area contributed by atoms with Crippen molar-refractivity contribution < 1.29 is 4.79 Å². The van der Waals surface area contributed by atoms with E-state index in [9.17, 15) is 4.79 Å². The first-order chi connectivity index (χ1) is 10.0. The van der Waals surface area contributed by atoms with E-state index in [1.807, 2.05) is 22.4 Å². The molecule has 1 atom stereocenters. The standard InChI is InChI=1S/C14H16ClN3OS2.2ClH/c1-14(7-16)4-5-18(8-14)13(19)9-6-20-12(17-9)10-2-3-11(15)21-10;;/h2-3,6H,4-5,7-8,16H2,1H3;2*1H. The molecule has 3 rings (SSSR count). The van der Waals surface area contributed by atoms with Crippen molar-refractivity contribution in [3.05, 3.63) is 27.5 Å². The first kappa shape index (κ1) is 20.7.